The van der Waals surface area contributed by atoms with E-state index in [9.17, 15) is 9.59 Å². The molecule has 0 spiro atoms. The third kappa shape index (κ3) is 3.35. The van der Waals surface area contributed by atoms with Gasteiger partial charge in [-0.3, -0.25) is 9.59 Å². The van der Waals surface area contributed by atoms with Crippen molar-refractivity contribution in [2.75, 3.05) is 5.43 Å². The normalized spacial score (nSPS) is 15.8. The van der Waals surface area contributed by atoms with Gasteiger partial charge < -0.3 is 0 Å². The summed E-state index contributed by atoms with van der Waals surface area (Å²) in [5.41, 5.74) is 2.99. The van der Waals surface area contributed by atoms with Gasteiger partial charge in [-0.05, 0) is 24.8 Å². The first-order valence-corrected chi connectivity index (χ1v) is 8.68. The third-order valence-corrected chi connectivity index (χ3v) is 4.69. The van der Waals surface area contributed by atoms with Crippen LogP contribution in [0.5, 0.6) is 0 Å². The molecule has 2 aromatic rings. The van der Waals surface area contributed by atoms with Crippen LogP contribution in [0.2, 0.25) is 0 Å². The molecular weight excluding hydrogens is 302 g/mol. The standard InChI is InChI=1S/C19H25N3O2/c1-19(2,3)17-14-10-6-7-11-15(14)18(24)22(21-17)20-16(23)12-13-8-4-5-9-13/h6-7,10-11,13H,4-5,8-9,12H2,1-3H3,(H,20,23). The van der Waals surface area contributed by atoms with Crippen molar-refractivity contribution in [2.45, 2.75) is 58.3 Å². The predicted molar refractivity (Wildman–Crippen MR) is 95.6 cm³/mol. The molecule has 1 N–H and O–H groups in total. The van der Waals surface area contributed by atoms with E-state index < -0.39 is 0 Å². The van der Waals surface area contributed by atoms with Crippen LogP contribution >= 0.6 is 0 Å². The summed E-state index contributed by atoms with van der Waals surface area (Å²) < 4.78 is 0. The van der Waals surface area contributed by atoms with Crippen molar-refractivity contribution in [3.05, 3.63) is 40.3 Å². The van der Waals surface area contributed by atoms with Gasteiger partial charge in [0.05, 0.1) is 11.1 Å². The average molecular weight is 327 g/mol. The van der Waals surface area contributed by atoms with E-state index in [4.69, 9.17) is 0 Å². The molecule has 0 saturated heterocycles. The lowest BCUT2D eigenvalue weighted by molar-refractivity contribution is -0.118. The molecule has 1 aliphatic carbocycles. The van der Waals surface area contributed by atoms with E-state index in [0.29, 0.717) is 17.7 Å². The van der Waals surface area contributed by atoms with E-state index in [1.165, 1.54) is 12.8 Å². The summed E-state index contributed by atoms with van der Waals surface area (Å²) in [6.07, 6.45) is 5.05. The van der Waals surface area contributed by atoms with E-state index >= 15 is 0 Å². The Bertz CT molecular complexity index is 811. The van der Waals surface area contributed by atoms with Crippen LogP contribution in [0.1, 0.15) is 58.6 Å². The van der Waals surface area contributed by atoms with Crippen LogP contribution in [0.25, 0.3) is 10.8 Å². The van der Waals surface area contributed by atoms with E-state index in [1.54, 1.807) is 6.07 Å². The summed E-state index contributed by atoms with van der Waals surface area (Å²) in [5.74, 6) is 0.301. The number of nitrogens with one attached hydrogen (secondary N) is 1. The number of aromatic nitrogens is 2. The first kappa shape index (κ1) is 16.7. The van der Waals surface area contributed by atoms with Gasteiger partial charge in [0.15, 0.2) is 0 Å². The highest BCUT2D eigenvalue weighted by Gasteiger charge is 2.23. The van der Waals surface area contributed by atoms with Crippen LogP contribution in [-0.4, -0.2) is 15.8 Å². The number of benzene rings is 1. The molecule has 0 bridgehead atoms. The van der Waals surface area contributed by atoms with E-state index in [2.05, 4.69) is 31.3 Å². The lowest BCUT2D eigenvalue weighted by atomic mass is 9.89. The molecule has 1 heterocycles. The maximum absolute atomic E-state index is 12.7. The second kappa shape index (κ2) is 6.38. The number of carbonyl (C=O) groups excluding carboxylic acids is 1. The Morgan fingerprint density at radius 1 is 1.21 bits per heavy atom. The van der Waals surface area contributed by atoms with Gasteiger partial charge in [-0.2, -0.15) is 5.10 Å². The molecule has 5 nitrogen and oxygen atoms in total. The highest BCUT2D eigenvalue weighted by atomic mass is 16.2. The highest BCUT2D eigenvalue weighted by Crippen LogP contribution is 2.28. The topological polar surface area (TPSA) is 64.0 Å². The van der Waals surface area contributed by atoms with Gasteiger partial charge in [0.25, 0.3) is 5.56 Å². The second-order valence-corrected chi connectivity index (χ2v) is 7.75. The van der Waals surface area contributed by atoms with Crippen molar-refractivity contribution < 1.29 is 4.79 Å². The maximum atomic E-state index is 12.7. The largest absolute Gasteiger partial charge is 0.294 e. The van der Waals surface area contributed by atoms with Gasteiger partial charge in [0.1, 0.15) is 0 Å². The number of nitrogens with zero attached hydrogens (tertiary/aromatic N) is 2. The molecule has 128 valence electrons. The van der Waals surface area contributed by atoms with Crippen molar-refractivity contribution in [2.24, 2.45) is 5.92 Å². The van der Waals surface area contributed by atoms with Crippen molar-refractivity contribution in [3.8, 4) is 0 Å². The van der Waals surface area contributed by atoms with Crippen LogP contribution in [0.4, 0.5) is 0 Å². The summed E-state index contributed by atoms with van der Waals surface area (Å²) in [7, 11) is 0. The first-order chi connectivity index (χ1) is 11.4. The van der Waals surface area contributed by atoms with Crippen LogP contribution < -0.4 is 11.0 Å². The van der Waals surface area contributed by atoms with Crippen molar-refractivity contribution in [3.63, 3.8) is 0 Å². The predicted octanol–water partition coefficient (Wildman–Crippen LogP) is 3.34. The molecule has 0 atom stereocenters. The third-order valence-electron chi connectivity index (χ3n) is 4.69. The molecule has 1 aromatic carbocycles. The fraction of sp³-hybridized carbons (Fsp3) is 0.526. The second-order valence-electron chi connectivity index (χ2n) is 7.75. The van der Waals surface area contributed by atoms with E-state index in [-0.39, 0.29) is 16.9 Å². The molecule has 0 unspecified atom stereocenters. The summed E-state index contributed by atoms with van der Waals surface area (Å²) >= 11 is 0. The number of rotatable bonds is 3. The van der Waals surface area contributed by atoms with Gasteiger partial charge in [-0.15, -0.1) is 4.79 Å². The van der Waals surface area contributed by atoms with Crippen LogP contribution in [-0.2, 0) is 10.2 Å². The highest BCUT2D eigenvalue weighted by molar-refractivity contribution is 5.86. The minimum absolute atomic E-state index is 0.133. The maximum Gasteiger partial charge on any atom is 0.294 e. The quantitative estimate of drug-likeness (QED) is 0.940. The van der Waals surface area contributed by atoms with E-state index in [0.717, 1.165) is 28.7 Å². The van der Waals surface area contributed by atoms with Crippen LogP contribution in [0.15, 0.2) is 29.1 Å². The Balaban J connectivity index is 1.97. The molecule has 5 heteroatoms. The molecule has 1 saturated carbocycles. The Morgan fingerprint density at radius 2 is 1.83 bits per heavy atom. The average Bonchev–Trinajstić information content (AvgIpc) is 3.02. The smallest absolute Gasteiger partial charge is 0.273 e. The van der Waals surface area contributed by atoms with Crippen molar-refractivity contribution in [1.29, 1.82) is 0 Å². The van der Waals surface area contributed by atoms with Crippen LogP contribution in [0.3, 0.4) is 0 Å². The van der Waals surface area contributed by atoms with Crippen molar-refractivity contribution in [1.82, 2.24) is 9.89 Å². The molecule has 1 aliphatic rings. The Kier molecular flexibility index (Phi) is 4.43. The molecule has 0 aliphatic heterocycles. The number of hydrogen-bond acceptors (Lipinski definition) is 3. The molecule has 1 fully saturated rings. The first-order valence-electron chi connectivity index (χ1n) is 8.68. The Hall–Kier alpha value is -2.17. The SMILES string of the molecule is CC(C)(C)c1nn(NC(=O)CC2CCCC2)c(=O)c2ccccc12. The molecule has 24 heavy (non-hydrogen) atoms. The number of amides is 1. The summed E-state index contributed by atoms with van der Waals surface area (Å²) in [6.45, 7) is 6.16. The zero-order chi connectivity index (χ0) is 17.3. The summed E-state index contributed by atoms with van der Waals surface area (Å²) in [6, 6.07) is 7.44. The minimum Gasteiger partial charge on any atom is -0.273 e. The fourth-order valence-electron chi connectivity index (χ4n) is 3.46. The van der Waals surface area contributed by atoms with Gasteiger partial charge in [0.2, 0.25) is 5.91 Å². The summed E-state index contributed by atoms with van der Waals surface area (Å²) in [4.78, 5) is 26.1. The monoisotopic (exact) mass is 327 g/mol. The number of hydrogen-bond donors (Lipinski definition) is 1. The fourth-order valence-corrected chi connectivity index (χ4v) is 3.46. The molecule has 0 radical (unpaired) electrons. The van der Waals surface area contributed by atoms with Gasteiger partial charge in [0, 0.05) is 17.2 Å². The number of carbonyl (C=O) groups is 1. The lowest BCUT2D eigenvalue weighted by Gasteiger charge is -2.21. The Labute approximate surface area is 142 Å². The van der Waals surface area contributed by atoms with Gasteiger partial charge >= 0.3 is 0 Å². The zero-order valence-corrected chi connectivity index (χ0v) is 14.6. The number of fused-ring (bicyclic) bond motifs is 1. The van der Waals surface area contributed by atoms with Crippen molar-refractivity contribution >= 4 is 16.7 Å². The molecule has 1 aromatic heterocycles. The molecule has 1 amide bonds. The minimum atomic E-state index is -0.279. The Morgan fingerprint density at radius 3 is 2.46 bits per heavy atom. The molecule has 3 rings (SSSR count). The van der Waals surface area contributed by atoms with E-state index in [1.807, 2.05) is 18.2 Å². The van der Waals surface area contributed by atoms with Gasteiger partial charge in [-0.25, -0.2) is 5.43 Å². The van der Waals surface area contributed by atoms with Crippen LogP contribution in [0, 0.1) is 5.92 Å². The van der Waals surface area contributed by atoms with Gasteiger partial charge in [-0.1, -0.05) is 51.8 Å². The lowest BCUT2D eigenvalue weighted by Crippen LogP contribution is -2.37. The zero-order valence-electron chi connectivity index (χ0n) is 14.6. The molecular formula is C19H25N3O2. The summed E-state index contributed by atoms with van der Waals surface area (Å²) in [5, 5.41) is 5.88.